The minimum atomic E-state index is 0.0892. The number of rotatable bonds is 6. The molecule has 0 bridgehead atoms. The van der Waals surface area contributed by atoms with E-state index in [1.807, 2.05) is 25.4 Å². The molecule has 1 fully saturated rings. The minimum absolute atomic E-state index is 0.0892. The second kappa shape index (κ2) is 10.0. The summed E-state index contributed by atoms with van der Waals surface area (Å²) in [6.45, 7) is 4.40. The molecule has 4 heteroatoms. The molecule has 2 rings (SSSR count). The van der Waals surface area contributed by atoms with E-state index in [0.717, 1.165) is 19.5 Å². The number of ether oxygens (including phenoxy) is 1. The zero-order chi connectivity index (χ0) is 16.3. The molecule has 23 heavy (non-hydrogen) atoms. The van der Waals surface area contributed by atoms with Crippen LogP contribution in [-0.2, 0) is 4.74 Å². The van der Waals surface area contributed by atoms with Crippen LogP contribution in [0.1, 0.15) is 50.6 Å². The van der Waals surface area contributed by atoms with Crippen molar-refractivity contribution < 1.29 is 4.74 Å². The molecule has 0 saturated carbocycles. The highest BCUT2D eigenvalue weighted by atomic mass is 16.5. The van der Waals surface area contributed by atoms with Crippen molar-refractivity contribution in [2.75, 3.05) is 19.7 Å². The molecule has 1 aliphatic rings. The van der Waals surface area contributed by atoms with Gasteiger partial charge in [0.05, 0.1) is 31.7 Å². The average molecular weight is 311 g/mol. The van der Waals surface area contributed by atoms with E-state index in [0.29, 0.717) is 19.1 Å². The van der Waals surface area contributed by atoms with Crippen molar-refractivity contribution in [3.63, 3.8) is 0 Å². The summed E-state index contributed by atoms with van der Waals surface area (Å²) < 4.78 is 5.52. The van der Waals surface area contributed by atoms with Crippen LogP contribution in [0.3, 0.4) is 0 Å². The van der Waals surface area contributed by atoms with E-state index in [1.54, 1.807) is 0 Å². The molecule has 0 aliphatic carbocycles. The lowest BCUT2D eigenvalue weighted by Gasteiger charge is -2.34. The van der Waals surface area contributed by atoms with E-state index in [4.69, 9.17) is 10.00 Å². The fourth-order valence-electron chi connectivity index (χ4n) is 2.87. The molecule has 1 aromatic rings. The molecule has 0 N–H and O–H groups in total. The van der Waals surface area contributed by atoms with Crippen LogP contribution < -0.4 is 0 Å². The monoisotopic (exact) mass is 311 g/mol. The summed E-state index contributed by atoms with van der Waals surface area (Å²) in [4.78, 5) is 6.70. The van der Waals surface area contributed by atoms with Crippen LogP contribution in [0.5, 0.6) is 0 Å². The summed E-state index contributed by atoms with van der Waals surface area (Å²) in [5.74, 6) is 6.50. The van der Waals surface area contributed by atoms with Gasteiger partial charge in [0.15, 0.2) is 0 Å². The zero-order valence-corrected chi connectivity index (χ0v) is 13.9. The third kappa shape index (κ3) is 6.02. The fourth-order valence-corrected chi connectivity index (χ4v) is 2.87. The lowest BCUT2D eigenvalue weighted by atomic mass is 9.96. The Morgan fingerprint density at radius 2 is 2.35 bits per heavy atom. The van der Waals surface area contributed by atoms with Crippen molar-refractivity contribution >= 4 is 0 Å². The van der Waals surface area contributed by atoms with Crippen LogP contribution in [0.15, 0.2) is 24.5 Å². The second-order valence-electron chi connectivity index (χ2n) is 5.92. The molecule has 1 saturated heterocycles. The molecule has 4 nitrogen and oxygen atoms in total. The van der Waals surface area contributed by atoms with E-state index >= 15 is 0 Å². The molecule has 1 aliphatic heterocycles. The predicted octanol–water partition coefficient (Wildman–Crippen LogP) is 3.32. The molecule has 122 valence electrons. The number of nitrogens with zero attached hydrogens (tertiary/aromatic N) is 3. The Morgan fingerprint density at radius 1 is 1.43 bits per heavy atom. The minimum Gasteiger partial charge on any atom is -0.376 e. The summed E-state index contributed by atoms with van der Waals surface area (Å²) in [6, 6.07) is 6.69. The number of likely N-dealkylation sites (tertiary alicyclic amines) is 1. The average Bonchev–Trinajstić information content (AvgIpc) is 2.60. The third-order valence-electron chi connectivity index (χ3n) is 4.10. The van der Waals surface area contributed by atoms with Crippen LogP contribution >= 0.6 is 0 Å². The zero-order valence-electron chi connectivity index (χ0n) is 13.9. The Labute approximate surface area is 139 Å². The van der Waals surface area contributed by atoms with E-state index in [9.17, 15) is 0 Å². The largest absolute Gasteiger partial charge is 0.376 e. The third-order valence-corrected chi connectivity index (χ3v) is 4.10. The van der Waals surface area contributed by atoms with Crippen molar-refractivity contribution in [1.29, 1.82) is 5.26 Å². The van der Waals surface area contributed by atoms with Crippen LogP contribution in [0.2, 0.25) is 0 Å². The standard InChI is InChI=1S/C19H25N3O/c1-17(23-15-7-11-20)8-2-4-13-22-14-5-3-10-19(22)18-9-6-12-21-16-18/h6,9,12,16-17,19H,3,5,7-8,10,13-15H2,1H3/t17-,19+/m1/s1. The van der Waals surface area contributed by atoms with E-state index in [-0.39, 0.29) is 6.10 Å². The number of hydrogen-bond acceptors (Lipinski definition) is 4. The highest BCUT2D eigenvalue weighted by Crippen LogP contribution is 2.29. The normalized spacial score (nSPS) is 19.4. The van der Waals surface area contributed by atoms with Gasteiger partial charge < -0.3 is 4.74 Å². The van der Waals surface area contributed by atoms with Crippen molar-refractivity contribution in [3.8, 4) is 17.9 Å². The van der Waals surface area contributed by atoms with Crippen LogP contribution in [0.4, 0.5) is 0 Å². The molecule has 2 atom stereocenters. The topological polar surface area (TPSA) is 49.2 Å². The van der Waals surface area contributed by atoms with Gasteiger partial charge in [-0.2, -0.15) is 5.26 Å². The Balaban J connectivity index is 1.81. The van der Waals surface area contributed by atoms with Crippen LogP contribution in [0.25, 0.3) is 0 Å². The molecule has 1 aromatic heterocycles. The Bertz CT molecular complexity index is 555. The molecular weight excluding hydrogens is 286 g/mol. The second-order valence-corrected chi connectivity index (χ2v) is 5.92. The maximum atomic E-state index is 8.49. The highest BCUT2D eigenvalue weighted by molar-refractivity contribution is 5.16. The molecule has 0 aromatic carbocycles. The number of piperidine rings is 1. The van der Waals surface area contributed by atoms with Crippen molar-refractivity contribution in [1.82, 2.24) is 9.88 Å². The smallest absolute Gasteiger partial charge is 0.0656 e. The Kier molecular flexibility index (Phi) is 7.60. The SMILES string of the molecule is C[C@H](CC#CCN1CCCC[C@H]1c1cccnc1)OCCC#N. The summed E-state index contributed by atoms with van der Waals surface area (Å²) >= 11 is 0. The highest BCUT2D eigenvalue weighted by Gasteiger charge is 2.22. The van der Waals surface area contributed by atoms with Crippen LogP contribution in [0, 0.1) is 23.2 Å². The fraction of sp³-hybridized carbons (Fsp3) is 0.579. The van der Waals surface area contributed by atoms with Gasteiger partial charge in [0.2, 0.25) is 0 Å². The van der Waals surface area contributed by atoms with Gasteiger partial charge in [-0.05, 0) is 37.9 Å². The van der Waals surface area contributed by atoms with Gasteiger partial charge in [-0.1, -0.05) is 24.3 Å². The quantitative estimate of drug-likeness (QED) is 0.597. The van der Waals surface area contributed by atoms with Gasteiger partial charge in [0, 0.05) is 24.9 Å². The molecule has 0 spiro atoms. The number of pyridine rings is 1. The van der Waals surface area contributed by atoms with Gasteiger partial charge in [0.25, 0.3) is 0 Å². The lowest BCUT2D eigenvalue weighted by molar-refractivity contribution is 0.0738. The number of hydrogen-bond donors (Lipinski definition) is 0. The first-order valence-corrected chi connectivity index (χ1v) is 8.39. The Morgan fingerprint density at radius 3 is 3.13 bits per heavy atom. The van der Waals surface area contributed by atoms with Crippen molar-refractivity contribution in [2.24, 2.45) is 0 Å². The summed E-state index contributed by atoms with van der Waals surface area (Å²) in [5.41, 5.74) is 1.29. The molecule has 0 unspecified atom stereocenters. The molecular formula is C19H25N3O. The molecule has 0 radical (unpaired) electrons. The van der Waals surface area contributed by atoms with Gasteiger partial charge in [-0.15, -0.1) is 0 Å². The number of aromatic nitrogens is 1. The molecule has 2 heterocycles. The maximum absolute atomic E-state index is 8.49. The Hall–Kier alpha value is -1.88. The molecule has 0 amide bonds. The van der Waals surface area contributed by atoms with Gasteiger partial charge in [-0.3, -0.25) is 9.88 Å². The first-order chi connectivity index (χ1) is 11.3. The lowest BCUT2D eigenvalue weighted by Crippen LogP contribution is -2.33. The summed E-state index contributed by atoms with van der Waals surface area (Å²) in [7, 11) is 0. The van der Waals surface area contributed by atoms with Crippen molar-refractivity contribution in [3.05, 3.63) is 30.1 Å². The first kappa shape index (κ1) is 17.5. The predicted molar refractivity (Wildman–Crippen MR) is 90.4 cm³/mol. The summed E-state index contributed by atoms with van der Waals surface area (Å²) in [5, 5.41) is 8.49. The van der Waals surface area contributed by atoms with Crippen molar-refractivity contribution in [2.45, 2.75) is 51.2 Å². The van der Waals surface area contributed by atoms with E-state index in [1.165, 1.54) is 24.8 Å². The van der Waals surface area contributed by atoms with Gasteiger partial charge >= 0.3 is 0 Å². The van der Waals surface area contributed by atoms with Gasteiger partial charge in [0.1, 0.15) is 0 Å². The van der Waals surface area contributed by atoms with Crippen LogP contribution in [-0.4, -0.2) is 35.7 Å². The maximum Gasteiger partial charge on any atom is 0.0656 e. The van der Waals surface area contributed by atoms with Gasteiger partial charge in [-0.25, -0.2) is 0 Å². The van der Waals surface area contributed by atoms with E-state index in [2.05, 4.69) is 33.9 Å². The first-order valence-electron chi connectivity index (χ1n) is 8.39. The van der Waals surface area contributed by atoms with E-state index < -0.39 is 0 Å². The summed E-state index contributed by atoms with van der Waals surface area (Å²) in [6.07, 6.45) is 8.74. The number of nitriles is 1.